The number of carbonyl (C=O) groups is 2. The first-order chi connectivity index (χ1) is 20.5. The summed E-state index contributed by atoms with van der Waals surface area (Å²) in [7, 11) is -2.06. The van der Waals surface area contributed by atoms with Gasteiger partial charge in [-0.2, -0.15) is 0 Å². The minimum Gasteiger partial charge on any atom is -0.497 e. The van der Waals surface area contributed by atoms with Crippen molar-refractivity contribution < 1.29 is 22.7 Å². The molecule has 0 fully saturated rings. The summed E-state index contributed by atoms with van der Waals surface area (Å²) in [6.07, 6.45) is 3.54. The SMILES string of the molecule is CCCCNC(=O)C(Cc1ccccc1)N(Cc1cccc(OC)c1)C(=O)CCCN(c1cccc(Cl)c1C)S(C)(=O)=O. The van der Waals surface area contributed by atoms with Crippen molar-refractivity contribution in [2.24, 2.45) is 0 Å². The van der Waals surface area contributed by atoms with E-state index in [4.69, 9.17) is 16.3 Å². The van der Waals surface area contributed by atoms with Crippen molar-refractivity contribution in [1.82, 2.24) is 10.2 Å². The summed E-state index contributed by atoms with van der Waals surface area (Å²) in [5.74, 6) is 0.184. The third-order valence-electron chi connectivity index (χ3n) is 7.25. The van der Waals surface area contributed by atoms with Gasteiger partial charge in [0.1, 0.15) is 11.8 Å². The van der Waals surface area contributed by atoms with Gasteiger partial charge < -0.3 is 15.0 Å². The Bertz CT molecular complexity index is 1470. The molecule has 10 heteroatoms. The molecule has 0 heterocycles. The van der Waals surface area contributed by atoms with Gasteiger partial charge in [0.15, 0.2) is 0 Å². The monoisotopic (exact) mass is 627 g/mol. The lowest BCUT2D eigenvalue weighted by Gasteiger charge is -2.32. The fourth-order valence-electron chi connectivity index (χ4n) is 4.88. The lowest BCUT2D eigenvalue weighted by molar-refractivity contribution is -0.141. The average Bonchev–Trinajstić information content (AvgIpc) is 2.98. The van der Waals surface area contributed by atoms with Crippen molar-refractivity contribution >= 4 is 39.1 Å². The number of halogens is 1. The summed E-state index contributed by atoms with van der Waals surface area (Å²) in [5, 5.41) is 3.48. The number of unbranched alkanes of at least 4 members (excludes halogenated alkanes) is 1. The number of hydrogen-bond acceptors (Lipinski definition) is 5. The third kappa shape index (κ3) is 10.0. The molecule has 0 saturated carbocycles. The van der Waals surface area contributed by atoms with Gasteiger partial charge in [0, 0.05) is 37.5 Å². The number of hydrogen-bond donors (Lipinski definition) is 1. The molecule has 0 saturated heterocycles. The molecule has 0 aromatic heterocycles. The van der Waals surface area contributed by atoms with Gasteiger partial charge in [-0.3, -0.25) is 13.9 Å². The molecule has 43 heavy (non-hydrogen) atoms. The van der Waals surface area contributed by atoms with Gasteiger partial charge in [-0.1, -0.05) is 73.5 Å². The first kappa shape index (κ1) is 33.9. The molecule has 3 aromatic rings. The molecule has 0 spiro atoms. The van der Waals surface area contributed by atoms with E-state index in [9.17, 15) is 18.0 Å². The topological polar surface area (TPSA) is 96.0 Å². The quantitative estimate of drug-likeness (QED) is 0.204. The third-order valence-corrected chi connectivity index (χ3v) is 8.84. The van der Waals surface area contributed by atoms with Crippen molar-refractivity contribution in [3.63, 3.8) is 0 Å². The van der Waals surface area contributed by atoms with Gasteiger partial charge in [0.05, 0.1) is 19.1 Å². The van der Waals surface area contributed by atoms with Crippen LogP contribution in [0.1, 0.15) is 49.3 Å². The molecule has 3 aromatic carbocycles. The Hall–Kier alpha value is -3.56. The van der Waals surface area contributed by atoms with E-state index in [1.165, 1.54) is 4.31 Å². The van der Waals surface area contributed by atoms with Crippen LogP contribution in [0.3, 0.4) is 0 Å². The molecule has 2 amide bonds. The van der Waals surface area contributed by atoms with E-state index in [2.05, 4.69) is 12.2 Å². The van der Waals surface area contributed by atoms with Crippen LogP contribution in [0, 0.1) is 6.92 Å². The van der Waals surface area contributed by atoms with Crippen LogP contribution in [0.2, 0.25) is 5.02 Å². The van der Waals surface area contributed by atoms with Gasteiger partial charge in [0.25, 0.3) is 0 Å². The molecule has 0 aliphatic rings. The first-order valence-electron chi connectivity index (χ1n) is 14.5. The number of methoxy groups -OCH3 is 1. The maximum atomic E-state index is 14.0. The number of ether oxygens (including phenoxy) is 1. The van der Waals surface area contributed by atoms with E-state index < -0.39 is 16.1 Å². The number of rotatable bonds is 16. The second kappa shape index (κ2) is 16.3. The van der Waals surface area contributed by atoms with E-state index in [0.29, 0.717) is 35.0 Å². The van der Waals surface area contributed by atoms with Crippen LogP contribution in [-0.4, -0.2) is 57.6 Å². The molecule has 0 bridgehead atoms. The maximum Gasteiger partial charge on any atom is 0.243 e. The molecular formula is C33H42ClN3O5S. The van der Waals surface area contributed by atoms with Crippen molar-refractivity contribution in [1.29, 1.82) is 0 Å². The Labute approximate surface area is 261 Å². The maximum absolute atomic E-state index is 14.0. The summed E-state index contributed by atoms with van der Waals surface area (Å²) in [4.78, 5) is 29.2. The van der Waals surface area contributed by atoms with Gasteiger partial charge in [-0.25, -0.2) is 8.42 Å². The molecule has 8 nitrogen and oxygen atoms in total. The smallest absolute Gasteiger partial charge is 0.243 e. The van der Waals surface area contributed by atoms with Crippen LogP contribution in [0.15, 0.2) is 72.8 Å². The second-order valence-corrected chi connectivity index (χ2v) is 12.9. The number of carbonyl (C=O) groups excluding carboxylic acids is 2. The zero-order valence-corrected chi connectivity index (χ0v) is 27.0. The largest absolute Gasteiger partial charge is 0.497 e. The Kier molecular flexibility index (Phi) is 12.9. The molecule has 1 N–H and O–H groups in total. The van der Waals surface area contributed by atoms with Crippen molar-refractivity contribution in [2.75, 3.05) is 30.8 Å². The first-order valence-corrected chi connectivity index (χ1v) is 16.7. The highest BCUT2D eigenvalue weighted by molar-refractivity contribution is 7.92. The van der Waals surface area contributed by atoms with E-state index in [1.807, 2.05) is 54.6 Å². The Morgan fingerprint density at radius 2 is 1.67 bits per heavy atom. The van der Waals surface area contributed by atoms with Gasteiger partial charge in [0.2, 0.25) is 21.8 Å². The predicted octanol–water partition coefficient (Wildman–Crippen LogP) is 5.76. The summed E-state index contributed by atoms with van der Waals surface area (Å²) in [6, 6.07) is 21.4. The fraction of sp³-hybridized carbons (Fsp3) is 0.394. The predicted molar refractivity (Wildman–Crippen MR) is 173 cm³/mol. The highest BCUT2D eigenvalue weighted by Gasteiger charge is 2.30. The Morgan fingerprint density at radius 1 is 0.977 bits per heavy atom. The number of nitrogens with one attached hydrogen (secondary N) is 1. The Balaban J connectivity index is 1.91. The van der Waals surface area contributed by atoms with Crippen molar-refractivity contribution in [3.8, 4) is 5.75 Å². The minimum absolute atomic E-state index is 0.0448. The summed E-state index contributed by atoms with van der Waals surface area (Å²) in [6.45, 7) is 4.62. The second-order valence-electron chi connectivity index (χ2n) is 10.5. The van der Waals surface area contributed by atoms with E-state index in [0.717, 1.165) is 30.2 Å². The molecule has 0 aliphatic carbocycles. The molecule has 3 rings (SSSR count). The number of amides is 2. The molecule has 0 aliphatic heterocycles. The minimum atomic E-state index is -3.64. The lowest BCUT2D eigenvalue weighted by atomic mass is 10.0. The average molecular weight is 628 g/mol. The van der Waals surface area contributed by atoms with E-state index in [1.54, 1.807) is 37.1 Å². The number of benzene rings is 3. The summed E-state index contributed by atoms with van der Waals surface area (Å²) >= 11 is 6.28. The zero-order chi connectivity index (χ0) is 31.4. The van der Waals surface area contributed by atoms with Crippen LogP contribution >= 0.6 is 11.6 Å². The molecule has 1 unspecified atom stereocenters. The lowest BCUT2D eigenvalue weighted by Crippen LogP contribution is -2.50. The highest BCUT2D eigenvalue weighted by atomic mass is 35.5. The van der Waals surface area contributed by atoms with Gasteiger partial charge >= 0.3 is 0 Å². The number of nitrogens with zero attached hydrogens (tertiary/aromatic N) is 2. The molecule has 232 valence electrons. The van der Waals surface area contributed by atoms with E-state index >= 15 is 0 Å². The van der Waals surface area contributed by atoms with Crippen molar-refractivity contribution in [2.45, 2.75) is 58.5 Å². The van der Waals surface area contributed by atoms with E-state index in [-0.39, 0.29) is 37.7 Å². The molecule has 0 radical (unpaired) electrons. The molecular weight excluding hydrogens is 586 g/mol. The standard InChI is InChI=1S/C33H42ClN3O5S/c1-5-6-20-35-33(39)31(23-26-13-8-7-9-14-26)36(24-27-15-10-16-28(22-27)42-3)32(38)19-12-21-37(43(4,40)41)30-18-11-17-29(34)25(30)2/h7-11,13-18,22,31H,5-6,12,19-21,23-24H2,1-4H3,(H,35,39). The number of anilines is 1. The Morgan fingerprint density at radius 3 is 2.35 bits per heavy atom. The highest BCUT2D eigenvalue weighted by Crippen LogP contribution is 2.29. The van der Waals surface area contributed by atoms with Crippen LogP contribution in [0.5, 0.6) is 5.75 Å². The zero-order valence-electron chi connectivity index (χ0n) is 25.4. The normalized spacial score (nSPS) is 11.9. The van der Waals surface area contributed by atoms with Crippen LogP contribution in [-0.2, 0) is 32.6 Å². The van der Waals surface area contributed by atoms with Crippen LogP contribution in [0.25, 0.3) is 0 Å². The van der Waals surface area contributed by atoms with Crippen LogP contribution in [0.4, 0.5) is 5.69 Å². The van der Waals surface area contributed by atoms with Gasteiger partial charge in [-0.15, -0.1) is 0 Å². The van der Waals surface area contributed by atoms with Gasteiger partial charge in [-0.05, 0) is 60.7 Å². The summed E-state index contributed by atoms with van der Waals surface area (Å²) in [5.41, 5.74) is 2.88. The van der Waals surface area contributed by atoms with Crippen molar-refractivity contribution in [3.05, 3.63) is 94.5 Å². The number of sulfonamides is 1. The van der Waals surface area contributed by atoms with Crippen LogP contribution < -0.4 is 14.4 Å². The molecule has 1 atom stereocenters. The summed E-state index contributed by atoms with van der Waals surface area (Å²) < 4.78 is 32.2. The fourth-order valence-corrected chi connectivity index (χ4v) is 6.06.